The number of nitrogens with zero attached hydrogens (tertiary/aromatic N) is 1. The number of hydrogen-bond acceptors (Lipinski definition) is 6. The zero-order chi connectivity index (χ0) is 18.0. The van der Waals surface area contributed by atoms with Crippen molar-refractivity contribution in [2.75, 3.05) is 11.9 Å². The molecule has 11 heteroatoms. The van der Waals surface area contributed by atoms with Gasteiger partial charge in [-0.2, -0.15) is 5.10 Å². The minimum atomic E-state index is -0.688. The van der Waals surface area contributed by atoms with E-state index in [9.17, 15) is 14.4 Å². The summed E-state index contributed by atoms with van der Waals surface area (Å²) in [6.45, 7) is 3.38. The van der Waals surface area contributed by atoms with Crippen LogP contribution >= 0.6 is 43.2 Å². The summed E-state index contributed by atoms with van der Waals surface area (Å²) < 4.78 is 5.91. The summed E-state index contributed by atoms with van der Waals surface area (Å²) in [5.74, 6) is -1.89. The number of nitrogens with one attached hydrogen (secondary N) is 2. The van der Waals surface area contributed by atoms with Gasteiger partial charge in [0.15, 0.2) is 5.69 Å². The number of anilines is 1. The Labute approximate surface area is 157 Å². The van der Waals surface area contributed by atoms with Crippen LogP contribution in [0.5, 0.6) is 0 Å². The van der Waals surface area contributed by atoms with Crippen LogP contribution in [0, 0.1) is 6.92 Å². The van der Waals surface area contributed by atoms with Crippen LogP contribution < -0.4 is 11.1 Å². The monoisotopic (exact) mass is 478 g/mol. The molecule has 0 bridgehead atoms. The number of hydrogen-bond donors (Lipinski definition) is 3. The number of amides is 2. The zero-order valence-electron chi connectivity index (χ0n) is 12.5. The van der Waals surface area contributed by atoms with Crippen molar-refractivity contribution in [1.29, 1.82) is 0 Å². The molecule has 0 aliphatic carbocycles. The maximum Gasteiger partial charge on any atom is 0.341 e. The van der Waals surface area contributed by atoms with Crippen molar-refractivity contribution >= 4 is 66.0 Å². The lowest BCUT2D eigenvalue weighted by Gasteiger charge is -2.06. The van der Waals surface area contributed by atoms with Crippen molar-refractivity contribution in [2.24, 2.45) is 5.73 Å². The summed E-state index contributed by atoms with van der Waals surface area (Å²) in [5, 5.41) is 9.20. The molecule has 24 heavy (non-hydrogen) atoms. The van der Waals surface area contributed by atoms with Crippen molar-refractivity contribution in [3.8, 4) is 0 Å². The normalized spacial score (nSPS) is 10.5. The second kappa shape index (κ2) is 7.45. The molecule has 0 saturated heterocycles. The Morgan fingerprint density at radius 1 is 1.38 bits per heavy atom. The van der Waals surface area contributed by atoms with Gasteiger partial charge in [-0.25, -0.2) is 4.79 Å². The van der Waals surface area contributed by atoms with Gasteiger partial charge < -0.3 is 15.8 Å². The molecule has 0 radical (unpaired) electrons. The Morgan fingerprint density at radius 2 is 2.04 bits per heavy atom. The summed E-state index contributed by atoms with van der Waals surface area (Å²) in [6, 6.07) is 0. The van der Waals surface area contributed by atoms with E-state index >= 15 is 0 Å². The average Bonchev–Trinajstić information content (AvgIpc) is 3.00. The van der Waals surface area contributed by atoms with Gasteiger partial charge in [0.2, 0.25) is 0 Å². The molecule has 4 N–H and O–H groups in total. The second-order valence-electron chi connectivity index (χ2n) is 4.50. The van der Waals surface area contributed by atoms with E-state index in [-0.39, 0.29) is 27.7 Å². The molecule has 0 aliphatic heterocycles. The van der Waals surface area contributed by atoms with E-state index in [4.69, 9.17) is 10.5 Å². The zero-order valence-corrected chi connectivity index (χ0v) is 16.5. The van der Waals surface area contributed by atoms with Gasteiger partial charge in [0.1, 0.15) is 9.60 Å². The van der Waals surface area contributed by atoms with Crippen LogP contribution in [-0.2, 0) is 4.74 Å². The lowest BCUT2D eigenvalue weighted by atomic mass is 10.1. The van der Waals surface area contributed by atoms with E-state index in [0.717, 1.165) is 11.3 Å². The standard InChI is InChI=1S/C13H12Br2N4O4S/c1-3-23-13(22)5-4(2)8(10(16)20)24-12(5)17-11(21)7-6(14)9(15)19-18-7/h3H2,1-2H3,(H2,16,20)(H,17,21)(H,18,19). The Kier molecular flexibility index (Phi) is 5.78. The molecule has 2 heterocycles. The highest BCUT2D eigenvalue weighted by atomic mass is 79.9. The minimum Gasteiger partial charge on any atom is -0.462 e. The van der Waals surface area contributed by atoms with Gasteiger partial charge in [-0.3, -0.25) is 14.7 Å². The molecule has 0 saturated carbocycles. The fourth-order valence-corrected chi connectivity index (χ4v) is 3.58. The van der Waals surface area contributed by atoms with Crippen LogP contribution in [-0.4, -0.2) is 34.6 Å². The average molecular weight is 480 g/mol. The van der Waals surface area contributed by atoms with Crippen LogP contribution in [0.3, 0.4) is 0 Å². The molecule has 0 fully saturated rings. The van der Waals surface area contributed by atoms with Gasteiger partial charge in [0.05, 0.1) is 21.5 Å². The van der Waals surface area contributed by atoms with Crippen LogP contribution in [0.15, 0.2) is 9.08 Å². The van der Waals surface area contributed by atoms with Gasteiger partial charge in [-0.15, -0.1) is 11.3 Å². The second-order valence-corrected chi connectivity index (χ2v) is 7.11. The number of nitrogens with two attached hydrogens (primary N) is 1. The predicted molar refractivity (Wildman–Crippen MR) is 95.5 cm³/mol. The number of aromatic nitrogens is 2. The number of primary amides is 1. The molecule has 0 aromatic carbocycles. The molecule has 2 rings (SSSR count). The Balaban J connectivity index is 2.43. The van der Waals surface area contributed by atoms with E-state index in [1.165, 1.54) is 0 Å². The third kappa shape index (κ3) is 3.52. The third-order valence-electron chi connectivity index (χ3n) is 2.96. The number of ether oxygens (including phenoxy) is 1. The summed E-state index contributed by atoms with van der Waals surface area (Å²) in [7, 11) is 0. The first-order valence-corrected chi connectivity index (χ1v) is 8.99. The number of aromatic amines is 1. The highest BCUT2D eigenvalue weighted by Crippen LogP contribution is 2.34. The highest BCUT2D eigenvalue weighted by molar-refractivity contribution is 9.13. The summed E-state index contributed by atoms with van der Waals surface area (Å²) in [4.78, 5) is 36.2. The van der Waals surface area contributed by atoms with Gasteiger partial charge in [0.25, 0.3) is 11.8 Å². The molecular weight excluding hydrogens is 468 g/mol. The Bertz CT molecular complexity index is 830. The highest BCUT2D eigenvalue weighted by Gasteiger charge is 2.27. The van der Waals surface area contributed by atoms with Crippen LogP contribution in [0.25, 0.3) is 0 Å². The van der Waals surface area contributed by atoms with E-state index in [1.807, 2.05) is 0 Å². The molecule has 0 unspecified atom stereocenters. The molecule has 2 aromatic rings. The number of carbonyl (C=O) groups is 3. The summed E-state index contributed by atoms with van der Waals surface area (Å²) >= 11 is 7.31. The smallest absolute Gasteiger partial charge is 0.341 e. The minimum absolute atomic E-state index is 0.0864. The largest absolute Gasteiger partial charge is 0.462 e. The molecule has 128 valence electrons. The molecule has 2 amide bonds. The lowest BCUT2D eigenvalue weighted by Crippen LogP contribution is -2.16. The first kappa shape index (κ1) is 18.6. The fourth-order valence-electron chi connectivity index (χ4n) is 1.91. The molecule has 0 aliphatic rings. The summed E-state index contributed by atoms with van der Waals surface area (Å²) in [5.41, 5.74) is 5.87. The predicted octanol–water partition coefficient (Wildman–Crippen LogP) is 2.83. The molecule has 2 aromatic heterocycles. The van der Waals surface area contributed by atoms with Crippen LogP contribution in [0.2, 0.25) is 0 Å². The van der Waals surface area contributed by atoms with Crippen LogP contribution in [0.1, 0.15) is 43.0 Å². The molecular formula is C13H12Br2N4O4S. The van der Waals surface area contributed by atoms with E-state index in [2.05, 4.69) is 47.4 Å². The maximum absolute atomic E-state index is 12.4. The molecule has 0 spiro atoms. The number of esters is 1. The first-order chi connectivity index (χ1) is 11.3. The number of H-pyrrole nitrogens is 1. The van der Waals surface area contributed by atoms with E-state index in [1.54, 1.807) is 13.8 Å². The van der Waals surface area contributed by atoms with E-state index in [0.29, 0.717) is 14.6 Å². The van der Waals surface area contributed by atoms with E-state index < -0.39 is 17.8 Å². The van der Waals surface area contributed by atoms with Crippen molar-refractivity contribution in [3.63, 3.8) is 0 Å². The van der Waals surface area contributed by atoms with Crippen molar-refractivity contribution < 1.29 is 19.1 Å². The van der Waals surface area contributed by atoms with Gasteiger partial charge in [0, 0.05) is 0 Å². The van der Waals surface area contributed by atoms with Crippen LogP contribution in [0.4, 0.5) is 5.00 Å². The molecule has 8 nitrogen and oxygen atoms in total. The summed E-state index contributed by atoms with van der Waals surface area (Å²) in [6.07, 6.45) is 0. The SMILES string of the molecule is CCOC(=O)c1c(NC(=O)c2n[nH]c(Br)c2Br)sc(C(N)=O)c1C. The first-order valence-electron chi connectivity index (χ1n) is 6.58. The maximum atomic E-state index is 12.4. The number of carbonyl (C=O) groups excluding carboxylic acids is 3. The number of thiophene rings is 1. The fraction of sp³-hybridized carbons (Fsp3) is 0.231. The van der Waals surface area contributed by atoms with Gasteiger partial charge in [-0.1, -0.05) is 0 Å². The quantitative estimate of drug-likeness (QED) is 0.568. The Hall–Kier alpha value is -1.72. The van der Waals surface area contributed by atoms with Crippen molar-refractivity contribution in [1.82, 2.24) is 10.2 Å². The van der Waals surface area contributed by atoms with Gasteiger partial charge >= 0.3 is 5.97 Å². The number of rotatable bonds is 5. The topological polar surface area (TPSA) is 127 Å². The third-order valence-corrected chi connectivity index (χ3v) is 6.06. The van der Waals surface area contributed by atoms with Crippen molar-refractivity contribution in [3.05, 3.63) is 30.8 Å². The lowest BCUT2D eigenvalue weighted by molar-refractivity contribution is 0.0527. The number of halogens is 2. The van der Waals surface area contributed by atoms with Gasteiger partial charge in [-0.05, 0) is 51.3 Å². The Morgan fingerprint density at radius 3 is 2.54 bits per heavy atom. The van der Waals surface area contributed by atoms with Crippen molar-refractivity contribution in [2.45, 2.75) is 13.8 Å². The molecule has 0 atom stereocenters.